The van der Waals surface area contributed by atoms with Gasteiger partial charge in [0.15, 0.2) is 0 Å². The van der Waals surface area contributed by atoms with Crippen LogP contribution in [-0.2, 0) is 4.79 Å². The highest BCUT2D eigenvalue weighted by Gasteiger charge is 2.09. The van der Waals surface area contributed by atoms with Crippen LogP contribution in [0.15, 0.2) is 59.4 Å². The van der Waals surface area contributed by atoms with Crippen LogP contribution in [-0.4, -0.2) is 17.6 Å². The molecule has 0 aliphatic rings. The molecule has 0 bridgehead atoms. The highest BCUT2D eigenvalue weighted by Crippen LogP contribution is 2.11. The SMILES string of the molecule is O=C(/C=C/c1ccccc1)NC[C@H](O)c1ccoc1. The summed E-state index contributed by atoms with van der Waals surface area (Å²) in [4.78, 5) is 11.6. The Bertz CT molecular complexity index is 532. The topological polar surface area (TPSA) is 62.5 Å². The molecule has 0 spiro atoms. The van der Waals surface area contributed by atoms with Gasteiger partial charge in [-0.3, -0.25) is 4.79 Å². The molecule has 2 N–H and O–H groups in total. The Labute approximate surface area is 111 Å². The molecule has 0 saturated carbocycles. The molecule has 0 fully saturated rings. The Hall–Kier alpha value is -2.33. The molecule has 0 aliphatic carbocycles. The molecule has 98 valence electrons. The fraction of sp³-hybridized carbons (Fsp3) is 0.133. The average Bonchev–Trinajstić information content (AvgIpc) is 2.98. The van der Waals surface area contributed by atoms with Crippen molar-refractivity contribution in [3.63, 3.8) is 0 Å². The van der Waals surface area contributed by atoms with Crippen LogP contribution >= 0.6 is 0 Å². The van der Waals surface area contributed by atoms with Crippen molar-refractivity contribution < 1.29 is 14.3 Å². The first-order valence-electron chi connectivity index (χ1n) is 5.97. The smallest absolute Gasteiger partial charge is 0.244 e. The van der Waals surface area contributed by atoms with Crippen LogP contribution in [0.3, 0.4) is 0 Å². The van der Waals surface area contributed by atoms with Crippen LogP contribution in [0.4, 0.5) is 0 Å². The lowest BCUT2D eigenvalue weighted by atomic mass is 10.2. The molecule has 1 atom stereocenters. The number of rotatable bonds is 5. The van der Waals surface area contributed by atoms with E-state index in [9.17, 15) is 9.90 Å². The Morgan fingerprint density at radius 3 is 2.79 bits per heavy atom. The minimum absolute atomic E-state index is 0.150. The van der Waals surface area contributed by atoms with Crippen molar-refractivity contribution in [3.8, 4) is 0 Å². The predicted octanol–water partition coefficient (Wildman–Crippen LogP) is 2.14. The molecular formula is C15H15NO3. The number of nitrogens with one attached hydrogen (secondary N) is 1. The summed E-state index contributed by atoms with van der Waals surface area (Å²) in [5.41, 5.74) is 1.60. The second kappa shape index (κ2) is 6.56. The second-order valence-corrected chi connectivity index (χ2v) is 4.06. The Balaban J connectivity index is 1.80. The standard InChI is InChI=1S/C15H15NO3/c17-14(13-8-9-19-11-13)10-16-15(18)7-6-12-4-2-1-3-5-12/h1-9,11,14,17H,10H2,(H,16,18)/b7-6+/t14-/m0/s1. The molecule has 1 aromatic carbocycles. The van der Waals surface area contributed by atoms with Crippen molar-refractivity contribution in [3.05, 3.63) is 66.1 Å². The lowest BCUT2D eigenvalue weighted by molar-refractivity contribution is -0.116. The predicted molar refractivity (Wildman–Crippen MR) is 72.2 cm³/mol. The molecule has 0 radical (unpaired) electrons. The quantitative estimate of drug-likeness (QED) is 0.807. The van der Waals surface area contributed by atoms with Crippen molar-refractivity contribution in [1.82, 2.24) is 5.32 Å². The van der Waals surface area contributed by atoms with Gasteiger partial charge in [0, 0.05) is 18.2 Å². The first-order valence-corrected chi connectivity index (χ1v) is 5.97. The van der Waals surface area contributed by atoms with Gasteiger partial charge in [-0.2, -0.15) is 0 Å². The van der Waals surface area contributed by atoms with Crippen LogP contribution in [0, 0.1) is 0 Å². The molecule has 2 rings (SSSR count). The average molecular weight is 257 g/mol. The molecule has 1 amide bonds. The van der Waals surface area contributed by atoms with Crippen molar-refractivity contribution in [2.45, 2.75) is 6.10 Å². The Morgan fingerprint density at radius 2 is 2.11 bits per heavy atom. The van der Waals surface area contributed by atoms with Crippen LogP contribution in [0.2, 0.25) is 0 Å². The maximum atomic E-state index is 11.6. The van der Waals surface area contributed by atoms with E-state index in [4.69, 9.17) is 4.42 Å². The zero-order valence-corrected chi connectivity index (χ0v) is 10.3. The number of hydrogen-bond acceptors (Lipinski definition) is 3. The highest BCUT2D eigenvalue weighted by molar-refractivity contribution is 5.91. The first-order chi connectivity index (χ1) is 9.25. The number of furan rings is 1. The maximum Gasteiger partial charge on any atom is 0.244 e. The van der Waals surface area contributed by atoms with E-state index in [2.05, 4.69) is 5.32 Å². The van der Waals surface area contributed by atoms with Gasteiger partial charge in [-0.1, -0.05) is 30.3 Å². The van der Waals surface area contributed by atoms with Gasteiger partial charge in [0.25, 0.3) is 0 Å². The first kappa shape index (κ1) is 13.1. The number of aliphatic hydroxyl groups excluding tert-OH is 1. The summed E-state index contributed by atoms with van der Waals surface area (Å²) in [5, 5.41) is 12.4. The van der Waals surface area contributed by atoms with E-state index in [-0.39, 0.29) is 12.5 Å². The summed E-state index contributed by atoms with van der Waals surface area (Å²) in [6.07, 6.45) is 5.34. The fourth-order valence-electron chi connectivity index (χ4n) is 1.57. The molecule has 1 heterocycles. The number of hydrogen-bond donors (Lipinski definition) is 2. The van der Waals surface area contributed by atoms with E-state index in [1.807, 2.05) is 30.3 Å². The molecule has 2 aromatic rings. The van der Waals surface area contributed by atoms with Crippen molar-refractivity contribution >= 4 is 12.0 Å². The number of carbonyl (C=O) groups excluding carboxylic acids is 1. The van der Waals surface area contributed by atoms with E-state index in [0.29, 0.717) is 5.56 Å². The highest BCUT2D eigenvalue weighted by atomic mass is 16.3. The van der Waals surface area contributed by atoms with Crippen LogP contribution in [0.5, 0.6) is 0 Å². The fourth-order valence-corrected chi connectivity index (χ4v) is 1.57. The van der Waals surface area contributed by atoms with Crippen LogP contribution < -0.4 is 5.32 Å². The number of amides is 1. The van der Waals surface area contributed by atoms with Gasteiger partial charge in [-0.05, 0) is 17.7 Å². The van der Waals surface area contributed by atoms with Gasteiger partial charge >= 0.3 is 0 Å². The van der Waals surface area contributed by atoms with Gasteiger partial charge in [0.2, 0.25) is 5.91 Å². The van der Waals surface area contributed by atoms with Crippen molar-refractivity contribution in [1.29, 1.82) is 0 Å². The zero-order chi connectivity index (χ0) is 13.5. The summed E-state index contributed by atoms with van der Waals surface area (Å²) in [7, 11) is 0. The van der Waals surface area contributed by atoms with Crippen molar-refractivity contribution in [2.24, 2.45) is 0 Å². The van der Waals surface area contributed by atoms with E-state index in [0.717, 1.165) is 5.56 Å². The van der Waals surface area contributed by atoms with E-state index in [1.54, 1.807) is 12.1 Å². The van der Waals surface area contributed by atoms with E-state index >= 15 is 0 Å². The maximum absolute atomic E-state index is 11.6. The number of aliphatic hydroxyl groups is 1. The monoisotopic (exact) mass is 257 g/mol. The lowest BCUT2D eigenvalue weighted by Gasteiger charge is -2.08. The zero-order valence-electron chi connectivity index (χ0n) is 10.3. The summed E-state index contributed by atoms with van der Waals surface area (Å²) in [5.74, 6) is -0.244. The van der Waals surface area contributed by atoms with E-state index < -0.39 is 6.10 Å². The second-order valence-electron chi connectivity index (χ2n) is 4.06. The van der Waals surface area contributed by atoms with Gasteiger partial charge in [0.1, 0.15) is 0 Å². The lowest BCUT2D eigenvalue weighted by Crippen LogP contribution is -2.26. The molecule has 1 aromatic heterocycles. The molecule has 19 heavy (non-hydrogen) atoms. The Morgan fingerprint density at radius 1 is 1.32 bits per heavy atom. The summed E-state index contributed by atoms with van der Waals surface area (Å²) >= 11 is 0. The van der Waals surface area contributed by atoms with Gasteiger partial charge in [-0.15, -0.1) is 0 Å². The van der Waals surface area contributed by atoms with E-state index in [1.165, 1.54) is 18.6 Å². The normalized spacial score (nSPS) is 12.5. The minimum Gasteiger partial charge on any atom is -0.472 e. The third-order valence-corrected chi connectivity index (χ3v) is 2.62. The minimum atomic E-state index is -0.757. The van der Waals surface area contributed by atoms with Crippen LogP contribution in [0.1, 0.15) is 17.2 Å². The molecule has 0 aliphatic heterocycles. The van der Waals surface area contributed by atoms with Crippen molar-refractivity contribution in [2.75, 3.05) is 6.54 Å². The third-order valence-electron chi connectivity index (χ3n) is 2.62. The molecule has 4 heteroatoms. The molecular weight excluding hydrogens is 242 g/mol. The third kappa shape index (κ3) is 4.12. The number of carbonyl (C=O) groups is 1. The summed E-state index contributed by atoms with van der Waals surface area (Å²) < 4.78 is 4.86. The molecule has 4 nitrogen and oxygen atoms in total. The largest absolute Gasteiger partial charge is 0.472 e. The Kier molecular flexibility index (Phi) is 4.53. The molecule has 0 saturated heterocycles. The summed E-state index contributed by atoms with van der Waals surface area (Å²) in [6.45, 7) is 0.150. The molecule has 0 unspecified atom stereocenters. The van der Waals surface area contributed by atoms with Gasteiger partial charge in [-0.25, -0.2) is 0 Å². The summed E-state index contributed by atoms with van der Waals surface area (Å²) in [6, 6.07) is 11.2. The van der Waals surface area contributed by atoms with Crippen LogP contribution in [0.25, 0.3) is 6.08 Å². The van der Waals surface area contributed by atoms with Gasteiger partial charge in [0.05, 0.1) is 18.6 Å². The number of benzene rings is 1. The van der Waals surface area contributed by atoms with Gasteiger partial charge < -0.3 is 14.8 Å².